The minimum Gasteiger partial charge on any atom is -0.444 e. The Morgan fingerprint density at radius 1 is 0.708 bits per heavy atom. The number of imidazole rings is 2. The average molecular weight is 669 g/mol. The van der Waals surface area contributed by atoms with Gasteiger partial charge in [0.05, 0.1) is 43.9 Å². The van der Waals surface area contributed by atoms with Crippen LogP contribution in [0.4, 0.5) is 9.59 Å². The molecule has 0 aliphatic carbocycles. The third kappa shape index (κ3) is 7.51. The number of carbonyl (C=O) groups excluding carboxylic acids is 2. The maximum atomic E-state index is 13.1. The summed E-state index contributed by atoms with van der Waals surface area (Å²) in [5, 5.41) is 0. The molecule has 2 amide bonds. The lowest BCUT2D eigenvalue weighted by Gasteiger charge is -2.28. The molecule has 2 unspecified atom stereocenters. The fraction of sp³-hybridized carbons (Fsp3) is 0.459. The highest BCUT2D eigenvalue weighted by Gasteiger charge is 2.45. The second-order valence-electron chi connectivity index (χ2n) is 15.8. The Morgan fingerprint density at radius 2 is 1.15 bits per heavy atom. The molecule has 2 fully saturated rings. The molecular weight excluding hydrogens is 621 g/mol. The largest absolute Gasteiger partial charge is 0.444 e. The number of ether oxygens (including phenoxy) is 2. The second kappa shape index (κ2) is 12.6. The Hall–Kier alpha value is -4.38. The number of nitrogens with zero attached hydrogens (tertiary/aromatic N) is 4. The van der Waals surface area contributed by atoms with Gasteiger partial charge >= 0.3 is 12.2 Å². The average Bonchev–Trinajstić information content (AvgIpc) is 3.81. The highest BCUT2D eigenvalue weighted by molar-refractivity contribution is 6.78. The summed E-state index contributed by atoms with van der Waals surface area (Å²) in [6.07, 6.45) is 5.65. The van der Waals surface area contributed by atoms with Gasteiger partial charge in [0.1, 0.15) is 22.9 Å². The third-order valence-corrected chi connectivity index (χ3v) is 11.5. The van der Waals surface area contributed by atoms with Crippen molar-refractivity contribution in [3.63, 3.8) is 0 Å². The Morgan fingerprint density at radius 3 is 1.62 bits per heavy atom. The number of amides is 2. The van der Waals surface area contributed by atoms with Crippen LogP contribution in [-0.2, 0) is 9.47 Å². The van der Waals surface area contributed by atoms with Crippen LogP contribution in [-0.4, -0.2) is 73.9 Å². The molecule has 0 bridgehead atoms. The standard InChI is InChI=1S/C37H48N6O4Si/c1-36(2,3)46-34(44)42-19-9-10-30(42)32-38-20-28(40-32)26-15-11-24(12-16-26)25-13-17-27(18-14-25)29-21-39-33(41-29)31-22-48(7,8)23-43(31)35(45)47-37(4,5)6/h11-18,20-21,30-31H,9-10,19,22-23H2,1-8H3,(H,38,40)(H,39,41). The van der Waals surface area contributed by atoms with E-state index in [1.165, 1.54) is 0 Å². The van der Waals surface area contributed by atoms with Crippen molar-refractivity contribution in [1.29, 1.82) is 0 Å². The van der Waals surface area contributed by atoms with Crippen LogP contribution in [0.15, 0.2) is 60.9 Å². The molecule has 0 saturated carbocycles. The second-order valence-corrected chi connectivity index (χ2v) is 20.9. The lowest BCUT2D eigenvalue weighted by atomic mass is 10.0. The number of hydrogen-bond donors (Lipinski definition) is 2. The monoisotopic (exact) mass is 668 g/mol. The molecule has 254 valence electrons. The van der Waals surface area contributed by atoms with Crippen LogP contribution in [0.25, 0.3) is 33.6 Å². The summed E-state index contributed by atoms with van der Waals surface area (Å²) >= 11 is 0. The van der Waals surface area contributed by atoms with Crippen molar-refractivity contribution in [3.05, 3.63) is 72.6 Å². The van der Waals surface area contributed by atoms with Crippen LogP contribution in [0, 0.1) is 0 Å². The number of likely N-dealkylation sites (tertiary alicyclic amines) is 1. The zero-order valence-electron chi connectivity index (χ0n) is 29.4. The van der Waals surface area contributed by atoms with Gasteiger partial charge in [0, 0.05) is 12.7 Å². The van der Waals surface area contributed by atoms with Gasteiger partial charge in [0.25, 0.3) is 0 Å². The summed E-state index contributed by atoms with van der Waals surface area (Å²) in [6, 6.07) is 17.5. The van der Waals surface area contributed by atoms with Gasteiger partial charge in [0.2, 0.25) is 0 Å². The van der Waals surface area contributed by atoms with Gasteiger partial charge in [-0.25, -0.2) is 19.6 Å². The van der Waals surface area contributed by atoms with E-state index in [4.69, 9.17) is 14.5 Å². The number of hydrogen-bond acceptors (Lipinski definition) is 6. The molecule has 48 heavy (non-hydrogen) atoms. The summed E-state index contributed by atoms with van der Waals surface area (Å²) in [5.41, 5.74) is 5.02. The van der Waals surface area contributed by atoms with E-state index in [2.05, 4.69) is 76.6 Å². The maximum Gasteiger partial charge on any atom is 0.410 e. The first-order valence-electron chi connectivity index (χ1n) is 16.9. The zero-order chi connectivity index (χ0) is 34.4. The lowest BCUT2D eigenvalue weighted by Crippen LogP contribution is -2.39. The van der Waals surface area contributed by atoms with Gasteiger partial charge in [-0.3, -0.25) is 4.90 Å². The van der Waals surface area contributed by atoms with Crippen molar-refractivity contribution < 1.29 is 19.1 Å². The quantitative estimate of drug-likeness (QED) is 0.206. The number of carbonyl (C=O) groups is 2. The maximum absolute atomic E-state index is 13.1. The molecule has 2 aromatic carbocycles. The first kappa shape index (κ1) is 33.5. The molecule has 0 spiro atoms. The van der Waals surface area contributed by atoms with Crippen molar-refractivity contribution in [1.82, 2.24) is 29.7 Å². The van der Waals surface area contributed by atoms with E-state index in [0.29, 0.717) is 6.54 Å². The minimum atomic E-state index is -1.61. The van der Waals surface area contributed by atoms with Gasteiger partial charge in [-0.15, -0.1) is 0 Å². The van der Waals surface area contributed by atoms with E-state index in [0.717, 1.165) is 70.3 Å². The predicted molar refractivity (Wildman–Crippen MR) is 190 cm³/mol. The fourth-order valence-electron chi connectivity index (χ4n) is 6.61. The van der Waals surface area contributed by atoms with Crippen LogP contribution in [0.2, 0.25) is 19.1 Å². The number of rotatable bonds is 5. The molecule has 2 N–H and O–H groups in total. The number of benzene rings is 2. The molecule has 4 aromatic rings. The molecule has 2 atom stereocenters. The molecule has 2 saturated heterocycles. The summed E-state index contributed by atoms with van der Waals surface area (Å²) < 4.78 is 11.4. The molecule has 2 aromatic heterocycles. The third-order valence-electron chi connectivity index (χ3n) is 8.78. The van der Waals surface area contributed by atoms with Crippen LogP contribution in [0.1, 0.15) is 78.1 Å². The lowest BCUT2D eigenvalue weighted by molar-refractivity contribution is 0.0212. The van der Waals surface area contributed by atoms with E-state index in [1.807, 2.05) is 58.8 Å². The highest BCUT2D eigenvalue weighted by Crippen LogP contribution is 2.38. The molecule has 4 heterocycles. The Kier molecular flexibility index (Phi) is 8.78. The van der Waals surface area contributed by atoms with E-state index in [9.17, 15) is 9.59 Å². The number of nitrogens with one attached hydrogen (secondary N) is 2. The van der Waals surface area contributed by atoms with Gasteiger partial charge in [0.15, 0.2) is 0 Å². The molecule has 10 nitrogen and oxygen atoms in total. The van der Waals surface area contributed by atoms with Crippen LogP contribution < -0.4 is 0 Å². The molecular formula is C37H48N6O4Si. The van der Waals surface area contributed by atoms with Gasteiger partial charge < -0.3 is 24.3 Å². The normalized spacial score (nSPS) is 19.5. The van der Waals surface area contributed by atoms with Crippen LogP contribution in [0.5, 0.6) is 0 Å². The number of H-pyrrole nitrogens is 2. The van der Waals surface area contributed by atoms with Crippen molar-refractivity contribution >= 4 is 20.3 Å². The van der Waals surface area contributed by atoms with Crippen molar-refractivity contribution in [3.8, 4) is 33.6 Å². The first-order valence-corrected chi connectivity index (χ1v) is 20.3. The summed E-state index contributed by atoms with van der Waals surface area (Å²) in [4.78, 5) is 45.8. The van der Waals surface area contributed by atoms with E-state index in [1.54, 1.807) is 4.90 Å². The van der Waals surface area contributed by atoms with Crippen LogP contribution >= 0.6 is 0 Å². The minimum absolute atomic E-state index is 0.110. The summed E-state index contributed by atoms with van der Waals surface area (Å²) in [6.45, 7) is 16.6. The predicted octanol–water partition coefficient (Wildman–Crippen LogP) is 8.75. The zero-order valence-corrected chi connectivity index (χ0v) is 30.4. The van der Waals surface area contributed by atoms with Gasteiger partial charge in [-0.1, -0.05) is 61.6 Å². The molecule has 2 aliphatic rings. The fourth-order valence-corrected chi connectivity index (χ4v) is 9.47. The van der Waals surface area contributed by atoms with E-state index in [-0.39, 0.29) is 24.3 Å². The highest BCUT2D eigenvalue weighted by atomic mass is 28.3. The van der Waals surface area contributed by atoms with Crippen molar-refractivity contribution in [2.75, 3.05) is 12.7 Å². The Labute approximate surface area is 284 Å². The molecule has 11 heteroatoms. The van der Waals surface area contributed by atoms with Crippen LogP contribution in [0.3, 0.4) is 0 Å². The smallest absolute Gasteiger partial charge is 0.410 e. The molecule has 6 rings (SSSR count). The number of aromatic amines is 2. The molecule has 0 radical (unpaired) electrons. The topological polar surface area (TPSA) is 116 Å². The summed E-state index contributed by atoms with van der Waals surface area (Å²) in [7, 11) is -1.61. The Bertz CT molecular complexity index is 1760. The first-order chi connectivity index (χ1) is 22.6. The van der Waals surface area contributed by atoms with Crippen molar-refractivity contribution in [2.24, 2.45) is 0 Å². The molecule has 2 aliphatic heterocycles. The summed E-state index contributed by atoms with van der Waals surface area (Å²) in [5.74, 6) is 1.59. The van der Waals surface area contributed by atoms with Gasteiger partial charge in [-0.2, -0.15) is 0 Å². The Balaban J connectivity index is 1.13. The van der Waals surface area contributed by atoms with Gasteiger partial charge in [-0.05, 0) is 82.7 Å². The number of aromatic nitrogens is 4. The van der Waals surface area contributed by atoms with E-state index < -0.39 is 19.3 Å². The van der Waals surface area contributed by atoms with Crippen molar-refractivity contribution in [2.45, 2.75) is 96.8 Å². The SMILES string of the molecule is CC(C)(C)OC(=O)N1CCCC1c1ncc(-c2ccc(-c3ccc(-c4cnc(C5C[Si](C)(C)CN5C(=O)OC(C)(C)C)[nH]4)cc3)cc2)[nH]1. The van der Waals surface area contributed by atoms with E-state index >= 15 is 0 Å².